The molecule has 0 heterocycles. The van der Waals surface area contributed by atoms with Crippen LogP contribution in [0.15, 0.2) is 42.5 Å². The first-order chi connectivity index (χ1) is 11.7. The Bertz CT molecular complexity index is 787. The number of carbonyl (C=O) groups is 2. The smallest absolute Gasteiger partial charge is 0.239 e. The predicted octanol–water partition coefficient (Wildman–Crippen LogP) is 4.58. The lowest BCUT2D eigenvalue weighted by Gasteiger charge is -2.23. The summed E-state index contributed by atoms with van der Waals surface area (Å²) >= 11 is 11.8. The highest BCUT2D eigenvalue weighted by molar-refractivity contribution is 6.42. The molecule has 0 saturated carbocycles. The molecule has 4 nitrogen and oxygen atoms in total. The second kappa shape index (κ2) is 7.89. The van der Waals surface area contributed by atoms with Gasteiger partial charge in [-0.25, -0.2) is 0 Å². The number of benzene rings is 2. The van der Waals surface area contributed by atoms with Gasteiger partial charge in [-0.15, -0.1) is 0 Å². The minimum atomic E-state index is -1.24. The van der Waals surface area contributed by atoms with Gasteiger partial charge in [0.25, 0.3) is 0 Å². The van der Waals surface area contributed by atoms with E-state index in [1.807, 2.05) is 31.2 Å². The SMILES string of the molecule is Cc1ccc(CNC(=O)C(C)(C)C(=O)Nc2ccc(Cl)c(Cl)c2)cc1. The van der Waals surface area contributed by atoms with Crippen LogP contribution in [-0.4, -0.2) is 11.8 Å². The molecule has 0 bridgehead atoms. The highest BCUT2D eigenvalue weighted by atomic mass is 35.5. The summed E-state index contributed by atoms with van der Waals surface area (Å²) in [4.78, 5) is 24.9. The van der Waals surface area contributed by atoms with Gasteiger partial charge in [0.2, 0.25) is 11.8 Å². The van der Waals surface area contributed by atoms with Crippen molar-refractivity contribution in [2.45, 2.75) is 27.3 Å². The number of nitrogens with one attached hydrogen (secondary N) is 2. The van der Waals surface area contributed by atoms with Crippen LogP contribution < -0.4 is 10.6 Å². The molecule has 2 aromatic carbocycles. The van der Waals surface area contributed by atoms with Crippen molar-refractivity contribution in [2.24, 2.45) is 5.41 Å². The second-order valence-electron chi connectivity index (χ2n) is 6.38. The van der Waals surface area contributed by atoms with E-state index in [4.69, 9.17) is 23.2 Å². The van der Waals surface area contributed by atoms with Crippen molar-refractivity contribution in [2.75, 3.05) is 5.32 Å². The second-order valence-corrected chi connectivity index (χ2v) is 7.19. The minimum Gasteiger partial charge on any atom is -0.351 e. The lowest BCUT2D eigenvalue weighted by Crippen LogP contribution is -2.44. The molecule has 6 heteroatoms. The maximum atomic E-state index is 12.5. The van der Waals surface area contributed by atoms with Gasteiger partial charge >= 0.3 is 0 Å². The molecule has 0 fully saturated rings. The fourth-order valence-electron chi connectivity index (χ4n) is 2.07. The van der Waals surface area contributed by atoms with E-state index in [1.54, 1.807) is 32.0 Å². The van der Waals surface area contributed by atoms with Crippen LogP contribution in [0, 0.1) is 12.3 Å². The maximum Gasteiger partial charge on any atom is 0.239 e. The third-order valence-electron chi connectivity index (χ3n) is 3.89. The molecule has 0 saturated heterocycles. The molecule has 132 valence electrons. The summed E-state index contributed by atoms with van der Waals surface area (Å²) < 4.78 is 0. The predicted molar refractivity (Wildman–Crippen MR) is 102 cm³/mol. The Kier molecular flexibility index (Phi) is 6.09. The molecule has 2 aromatic rings. The molecule has 0 unspecified atom stereocenters. The van der Waals surface area contributed by atoms with Crippen molar-refractivity contribution in [3.05, 3.63) is 63.6 Å². The van der Waals surface area contributed by atoms with Crippen molar-refractivity contribution in [1.29, 1.82) is 0 Å². The van der Waals surface area contributed by atoms with Gasteiger partial charge in [-0.05, 0) is 44.5 Å². The molecule has 0 spiro atoms. The molecule has 0 aliphatic heterocycles. The quantitative estimate of drug-likeness (QED) is 0.747. The number of anilines is 1. The van der Waals surface area contributed by atoms with Gasteiger partial charge < -0.3 is 10.6 Å². The summed E-state index contributed by atoms with van der Waals surface area (Å²) in [6.07, 6.45) is 0. The zero-order valence-corrected chi connectivity index (χ0v) is 15.8. The summed E-state index contributed by atoms with van der Waals surface area (Å²) in [5.74, 6) is -0.780. The number of hydrogen-bond acceptors (Lipinski definition) is 2. The third kappa shape index (κ3) is 4.97. The lowest BCUT2D eigenvalue weighted by atomic mass is 9.90. The molecule has 2 amide bonds. The molecule has 0 aromatic heterocycles. The van der Waals surface area contributed by atoms with Gasteiger partial charge in [0, 0.05) is 12.2 Å². The van der Waals surface area contributed by atoms with Crippen LogP contribution in [0.4, 0.5) is 5.69 Å². The molecule has 0 radical (unpaired) electrons. The van der Waals surface area contributed by atoms with E-state index in [2.05, 4.69) is 10.6 Å². The number of halogens is 2. The van der Waals surface area contributed by atoms with Crippen LogP contribution in [0.25, 0.3) is 0 Å². The average Bonchev–Trinajstić information content (AvgIpc) is 2.57. The van der Waals surface area contributed by atoms with Crippen LogP contribution in [0.5, 0.6) is 0 Å². The number of hydrogen-bond donors (Lipinski definition) is 2. The lowest BCUT2D eigenvalue weighted by molar-refractivity contribution is -0.138. The van der Waals surface area contributed by atoms with Crippen molar-refractivity contribution in [3.8, 4) is 0 Å². The van der Waals surface area contributed by atoms with E-state index >= 15 is 0 Å². The van der Waals surface area contributed by atoms with E-state index < -0.39 is 11.3 Å². The van der Waals surface area contributed by atoms with Gasteiger partial charge in [0.05, 0.1) is 10.0 Å². The Balaban J connectivity index is 2.00. The van der Waals surface area contributed by atoms with Crippen molar-refractivity contribution >= 4 is 40.7 Å². The summed E-state index contributed by atoms with van der Waals surface area (Å²) in [5, 5.41) is 6.23. The zero-order chi connectivity index (χ0) is 18.6. The molecule has 25 heavy (non-hydrogen) atoms. The minimum absolute atomic E-state index is 0.334. The van der Waals surface area contributed by atoms with Gasteiger partial charge in [0.15, 0.2) is 0 Å². The van der Waals surface area contributed by atoms with Crippen LogP contribution in [0.3, 0.4) is 0 Å². The number of carbonyl (C=O) groups excluding carboxylic acids is 2. The standard InChI is InChI=1S/C19H20Cl2N2O2/c1-12-4-6-13(7-5-12)11-22-17(24)19(2,3)18(25)23-14-8-9-15(20)16(21)10-14/h4-10H,11H2,1-3H3,(H,22,24)(H,23,25). The monoisotopic (exact) mass is 378 g/mol. The Morgan fingerprint density at radius 2 is 1.60 bits per heavy atom. The maximum absolute atomic E-state index is 12.5. The van der Waals surface area contributed by atoms with Crippen LogP contribution in [0.1, 0.15) is 25.0 Å². The summed E-state index contributed by atoms with van der Waals surface area (Å²) in [7, 11) is 0. The highest BCUT2D eigenvalue weighted by Crippen LogP contribution is 2.26. The molecule has 0 atom stereocenters. The molecule has 0 aliphatic rings. The molecule has 0 aliphatic carbocycles. The fraction of sp³-hybridized carbons (Fsp3) is 0.263. The summed E-state index contributed by atoms with van der Waals surface area (Å²) in [6, 6.07) is 12.6. The van der Waals surface area contributed by atoms with Crippen LogP contribution in [-0.2, 0) is 16.1 Å². The van der Waals surface area contributed by atoms with Crippen LogP contribution in [0.2, 0.25) is 10.0 Å². The van der Waals surface area contributed by atoms with Crippen molar-refractivity contribution in [3.63, 3.8) is 0 Å². The first-order valence-corrected chi connectivity index (χ1v) is 8.56. The summed E-state index contributed by atoms with van der Waals surface area (Å²) in [5.41, 5.74) is 1.37. The van der Waals surface area contributed by atoms with Crippen molar-refractivity contribution < 1.29 is 9.59 Å². The van der Waals surface area contributed by atoms with E-state index in [-0.39, 0.29) is 5.91 Å². The number of rotatable bonds is 5. The van der Waals surface area contributed by atoms with Gasteiger partial charge in [-0.2, -0.15) is 0 Å². The van der Waals surface area contributed by atoms with E-state index in [0.29, 0.717) is 22.3 Å². The third-order valence-corrected chi connectivity index (χ3v) is 4.63. The Morgan fingerprint density at radius 1 is 0.960 bits per heavy atom. The molecular weight excluding hydrogens is 359 g/mol. The van der Waals surface area contributed by atoms with Crippen LogP contribution >= 0.6 is 23.2 Å². The normalized spacial score (nSPS) is 11.1. The number of amides is 2. The van der Waals surface area contributed by atoms with E-state index in [9.17, 15) is 9.59 Å². The summed E-state index contributed by atoms with van der Waals surface area (Å²) in [6.45, 7) is 5.51. The van der Waals surface area contributed by atoms with E-state index in [0.717, 1.165) is 11.1 Å². The van der Waals surface area contributed by atoms with Crippen molar-refractivity contribution in [1.82, 2.24) is 5.32 Å². The topological polar surface area (TPSA) is 58.2 Å². The first kappa shape index (κ1) is 19.3. The molecule has 2 rings (SSSR count). The Hall–Kier alpha value is -2.04. The Morgan fingerprint density at radius 3 is 2.20 bits per heavy atom. The average molecular weight is 379 g/mol. The first-order valence-electron chi connectivity index (χ1n) is 7.80. The zero-order valence-electron chi connectivity index (χ0n) is 14.3. The van der Waals surface area contributed by atoms with E-state index in [1.165, 1.54) is 0 Å². The van der Waals surface area contributed by atoms with Gasteiger partial charge in [-0.1, -0.05) is 53.0 Å². The largest absolute Gasteiger partial charge is 0.351 e. The fourth-order valence-corrected chi connectivity index (χ4v) is 2.37. The molecule has 2 N–H and O–H groups in total. The number of aryl methyl sites for hydroxylation is 1. The Labute approximate surface area is 157 Å². The van der Waals surface area contributed by atoms with Gasteiger partial charge in [0.1, 0.15) is 5.41 Å². The molecular formula is C19H20Cl2N2O2. The highest BCUT2D eigenvalue weighted by Gasteiger charge is 2.36. The van der Waals surface area contributed by atoms with Gasteiger partial charge in [-0.3, -0.25) is 9.59 Å².